The summed E-state index contributed by atoms with van der Waals surface area (Å²) < 4.78 is 0.987. The van der Waals surface area contributed by atoms with Gasteiger partial charge in [0, 0.05) is 23.2 Å². The van der Waals surface area contributed by atoms with Gasteiger partial charge in [0.05, 0.1) is 0 Å². The number of carbonyl (C=O) groups excluding carboxylic acids is 1. The number of aromatic nitrogens is 2. The summed E-state index contributed by atoms with van der Waals surface area (Å²) in [5, 5.41) is 11.3. The molecule has 21 heavy (non-hydrogen) atoms. The average Bonchev–Trinajstić information content (AvgIpc) is 3.01. The van der Waals surface area contributed by atoms with Crippen LogP contribution in [0, 0.1) is 0 Å². The Morgan fingerprint density at radius 2 is 1.95 bits per heavy atom. The van der Waals surface area contributed by atoms with Crippen LogP contribution in [0.25, 0.3) is 0 Å². The van der Waals surface area contributed by atoms with E-state index in [1.54, 1.807) is 12.1 Å². The maximum atomic E-state index is 12.2. The van der Waals surface area contributed by atoms with E-state index in [0.717, 1.165) is 36.1 Å². The van der Waals surface area contributed by atoms with E-state index in [1.165, 1.54) is 0 Å². The van der Waals surface area contributed by atoms with Crippen molar-refractivity contribution >= 4 is 33.3 Å². The average molecular weight is 347 g/mol. The first-order chi connectivity index (χ1) is 10.2. The zero-order valence-corrected chi connectivity index (χ0v) is 13.0. The minimum Gasteiger partial charge on any atom is -0.339 e. The Morgan fingerprint density at radius 3 is 2.62 bits per heavy atom. The molecule has 0 unspecified atom stereocenters. The number of rotatable bonds is 3. The van der Waals surface area contributed by atoms with Crippen LogP contribution in [0.5, 0.6) is 0 Å². The predicted octanol–water partition coefficient (Wildman–Crippen LogP) is 3.22. The number of hydrogen-bond donors (Lipinski definition) is 1. The SMILES string of the molecule is O=C(c1ccc(Nc2cccc(Br)c2)nn1)N1CCCC1. The molecule has 1 saturated heterocycles. The first-order valence-corrected chi connectivity index (χ1v) is 7.67. The van der Waals surface area contributed by atoms with Gasteiger partial charge in [-0.2, -0.15) is 0 Å². The molecule has 0 atom stereocenters. The van der Waals surface area contributed by atoms with Crippen LogP contribution < -0.4 is 5.32 Å². The Balaban J connectivity index is 1.70. The van der Waals surface area contributed by atoms with Gasteiger partial charge in [-0.05, 0) is 43.2 Å². The molecule has 2 heterocycles. The molecule has 1 fully saturated rings. The van der Waals surface area contributed by atoms with Crippen molar-refractivity contribution in [1.82, 2.24) is 15.1 Å². The lowest BCUT2D eigenvalue weighted by atomic mass is 10.3. The Hall–Kier alpha value is -1.95. The molecule has 0 aliphatic carbocycles. The summed E-state index contributed by atoms with van der Waals surface area (Å²) in [7, 11) is 0. The Bertz CT molecular complexity index is 638. The van der Waals surface area contributed by atoms with Gasteiger partial charge in [0.25, 0.3) is 5.91 Å². The van der Waals surface area contributed by atoms with Crippen molar-refractivity contribution in [2.24, 2.45) is 0 Å². The Morgan fingerprint density at radius 1 is 1.14 bits per heavy atom. The summed E-state index contributed by atoms with van der Waals surface area (Å²) in [6, 6.07) is 11.3. The van der Waals surface area contributed by atoms with Crippen LogP contribution >= 0.6 is 15.9 Å². The third kappa shape index (κ3) is 3.39. The van der Waals surface area contributed by atoms with E-state index in [-0.39, 0.29) is 5.91 Å². The standard InChI is InChI=1S/C15H15BrN4O/c16-11-4-3-5-12(10-11)17-14-7-6-13(18-19-14)15(21)20-8-1-2-9-20/h3-7,10H,1-2,8-9H2,(H,17,19). The molecule has 3 rings (SSSR count). The molecule has 1 aromatic heterocycles. The zero-order valence-electron chi connectivity index (χ0n) is 11.4. The van der Waals surface area contributed by atoms with E-state index in [4.69, 9.17) is 0 Å². The molecular formula is C15H15BrN4O. The Kier molecular flexibility index (Phi) is 4.15. The summed E-state index contributed by atoms with van der Waals surface area (Å²) in [5.74, 6) is 0.583. The molecule has 1 N–H and O–H groups in total. The summed E-state index contributed by atoms with van der Waals surface area (Å²) in [6.07, 6.45) is 2.14. The number of anilines is 2. The van der Waals surface area contributed by atoms with Crippen LogP contribution in [-0.4, -0.2) is 34.1 Å². The minimum atomic E-state index is -0.0333. The molecule has 5 nitrogen and oxygen atoms in total. The van der Waals surface area contributed by atoms with Crippen LogP contribution in [0.3, 0.4) is 0 Å². The lowest BCUT2D eigenvalue weighted by Crippen LogP contribution is -2.28. The molecule has 1 aromatic carbocycles. The quantitative estimate of drug-likeness (QED) is 0.926. The first-order valence-electron chi connectivity index (χ1n) is 6.88. The van der Waals surface area contributed by atoms with Gasteiger partial charge < -0.3 is 10.2 Å². The number of nitrogens with one attached hydrogen (secondary N) is 1. The molecule has 6 heteroatoms. The molecule has 2 aromatic rings. The van der Waals surface area contributed by atoms with E-state index < -0.39 is 0 Å². The molecule has 0 bridgehead atoms. The number of benzene rings is 1. The second-order valence-electron chi connectivity index (χ2n) is 4.94. The van der Waals surface area contributed by atoms with Crippen molar-refractivity contribution in [2.45, 2.75) is 12.8 Å². The number of amides is 1. The van der Waals surface area contributed by atoms with Crippen LogP contribution in [0.1, 0.15) is 23.3 Å². The summed E-state index contributed by atoms with van der Waals surface area (Å²) in [5.41, 5.74) is 1.31. The highest BCUT2D eigenvalue weighted by atomic mass is 79.9. The van der Waals surface area contributed by atoms with Crippen molar-refractivity contribution in [3.8, 4) is 0 Å². The molecule has 108 valence electrons. The summed E-state index contributed by atoms with van der Waals surface area (Å²) in [4.78, 5) is 14.0. The van der Waals surface area contributed by atoms with Gasteiger partial charge in [0.15, 0.2) is 11.5 Å². The molecule has 1 amide bonds. The van der Waals surface area contributed by atoms with Gasteiger partial charge in [-0.25, -0.2) is 0 Å². The topological polar surface area (TPSA) is 58.1 Å². The molecule has 1 aliphatic heterocycles. The maximum Gasteiger partial charge on any atom is 0.274 e. The number of hydrogen-bond acceptors (Lipinski definition) is 4. The summed E-state index contributed by atoms with van der Waals surface area (Å²) >= 11 is 3.42. The van der Waals surface area contributed by atoms with Crippen LogP contribution in [0.15, 0.2) is 40.9 Å². The van der Waals surface area contributed by atoms with Crippen molar-refractivity contribution < 1.29 is 4.79 Å². The molecular weight excluding hydrogens is 332 g/mol. The highest BCUT2D eigenvalue weighted by Gasteiger charge is 2.20. The maximum absolute atomic E-state index is 12.2. The van der Waals surface area contributed by atoms with Crippen LogP contribution in [-0.2, 0) is 0 Å². The number of likely N-dealkylation sites (tertiary alicyclic amines) is 1. The molecule has 0 saturated carbocycles. The van der Waals surface area contributed by atoms with E-state index in [9.17, 15) is 4.79 Å². The fourth-order valence-corrected chi connectivity index (χ4v) is 2.71. The van der Waals surface area contributed by atoms with Gasteiger partial charge in [0.1, 0.15) is 0 Å². The van der Waals surface area contributed by atoms with Gasteiger partial charge in [-0.1, -0.05) is 22.0 Å². The van der Waals surface area contributed by atoms with E-state index in [1.807, 2.05) is 29.2 Å². The highest BCUT2D eigenvalue weighted by Crippen LogP contribution is 2.19. The third-order valence-corrected chi connectivity index (χ3v) is 3.87. The minimum absolute atomic E-state index is 0.0333. The zero-order chi connectivity index (χ0) is 14.7. The lowest BCUT2D eigenvalue weighted by Gasteiger charge is -2.14. The van der Waals surface area contributed by atoms with Crippen molar-refractivity contribution in [2.75, 3.05) is 18.4 Å². The predicted molar refractivity (Wildman–Crippen MR) is 84.6 cm³/mol. The smallest absolute Gasteiger partial charge is 0.274 e. The van der Waals surface area contributed by atoms with Gasteiger partial charge >= 0.3 is 0 Å². The first kappa shape index (κ1) is 14.0. The second kappa shape index (κ2) is 6.22. The van der Waals surface area contributed by atoms with Gasteiger partial charge in [-0.3, -0.25) is 4.79 Å². The fourth-order valence-electron chi connectivity index (χ4n) is 2.31. The number of carbonyl (C=O) groups is 1. The van der Waals surface area contributed by atoms with E-state index >= 15 is 0 Å². The van der Waals surface area contributed by atoms with E-state index in [2.05, 4.69) is 31.4 Å². The van der Waals surface area contributed by atoms with Crippen LogP contribution in [0.4, 0.5) is 11.5 Å². The van der Waals surface area contributed by atoms with Crippen molar-refractivity contribution in [1.29, 1.82) is 0 Å². The lowest BCUT2D eigenvalue weighted by molar-refractivity contribution is 0.0786. The summed E-state index contributed by atoms with van der Waals surface area (Å²) in [6.45, 7) is 1.64. The van der Waals surface area contributed by atoms with E-state index in [0.29, 0.717) is 11.5 Å². The van der Waals surface area contributed by atoms with Crippen molar-refractivity contribution in [3.63, 3.8) is 0 Å². The van der Waals surface area contributed by atoms with Gasteiger partial charge in [-0.15, -0.1) is 10.2 Å². The van der Waals surface area contributed by atoms with Crippen molar-refractivity contribution in [3.05, 3.63) is 46.6 Å². The molecule has 1 aliphatic rings. The normalized spacial score (nSPS) is 14.2. The van der Waals surface area contributed by atoms with Crippen LogP contribution in [0.2, 0.25) is 0 Å². The third-order valence-electron chi connectivity index (χ3n) is 3.37. The number of nitrogens with zero attached hydrogens (tertiary/aromatic N) is 3. The Labute approximate surface area is 131 Å². The highest BCUT2D eigenvalue weighted by molar-refractivity contribution is 9.10. The van der Waals surface area contributed by atoms with Gasteiger partial charge in [0.2, 0.25) is 0 Å². The second-order valence-corrected chi connectivity index (χ2v) is 5.85. The number of halogens is 1. The molecule has 0 radical (unpaired) electrons. The fraction of sp³-hybridized carbons (Fsp3) is 0.267. The largest absolute Gasteiger partial charge is 0.339 e. The monoisotopic (exact) mass is 346 g/mol. The molecule has 0 spiro atoms.